The molecule has 6 nitrogen and oxygen atoms in total. The number of esters is 1. The van der Waals surface area contributed by atoms with Crippen molar-refractivity contribution in [2.24, 2.45) is 0 Å². The van der Waals surface area contributed by atoms with E-state index in [0.717, 1.165) is 44.9 Å². The second-order valence-corrected chi connectivity index (χ2v) is 15.8. The normalized spacial score (nSPS) is 13.3. The second-order valence-electron chi connectivity index (χ2n) is 15.8. The Balaban J connectivity index is 4.40. The predicted octanol–water partition coefficient (Wildman–Crippen LogP) is 12.8. The van der Waals surface area contributed by atoms with Crippen molar-refractivity contribution >= 4 is 11.9 Å². The average Bonchev–Trinajstić information content (AvgIpc) is 3.12. The van der Waals surface area contributed by atoms with Crippen molar-refractivity contribution in [3.05, 3.63) is 0 Å². The summed E-state index contributed by atoms with van der Waals surface area (Å²) in [7, 11) is 0. The van der Waals surface area contributed by atoms with E-state index in [-0.39, 0.29) is 24.9 Å². The summed E-state index contributed by atoms with van der Waals surface area (Å²) in [4.78, 5) is 25.8. The van der Waals surface area contributed by atoms with E-state index < -0.39 is 18.2 Å². The third-order valence-electron chi connectivity index (χ3n) is 10.7. The van der Waals surface area contributed by atoms with Gasteiger partial charge in [-0.05, 0) is 25.7 Å². The van der Waals surface area contributed by atoms with E-state index >= 15 is 0 Å². The van der Waals surface area contributed by atoms with Crippen molar-refractivity contribution in [2.45, 2.75) is 270 Å². The molecule has 0 fully saturated rings. The summed E-state index contributed by atoms with van der Waals surface area (Å²) in [6.45, 7) is 6.45. The summed E-state index contributed by atoms with van der Waals surface area (Å²) in [5.74, 6) is -0.464. The molecular formula is C45H89NO5. The molecule has 3 unspecified atom stereocenters. The Morgan fingerprint density at radius 3 is 1.20 bits per heavy atom. The summed E-state index contributed by atoms with van der Waals surface area (Å²) >= 11 is 0. The van der Waals surface area contributed by atoms with Gasteiger partial charge in [0.2, 0.25) is 5.91 Å². The van der Waals surface area contributed by atoms with Gasteiger partial charge in [0.1, 0.15) is 6.10 Å². The fourth-order valence-electron chi connectivity index (χ4n) is 7.20. The Hall–Kier alpha value is -1.14. The number of hydrogen-bond donors (Lipinski definition) is 3. The fourth-order valence-corrected chi connectivity index (χ4v) is 7.20. The van der Waals surface area contributed by atoms with Crippen molar-refractivity contribution < 1.29 is 24.5 Å². The van der Waals surface area contributed by atoms with E-state index in [1.807, 2.05) is 0 Å². The molecule has 3 atom stereocenters. The lowest BCUT2D eigenvalue weighted by Gasteiger charge is -2.24. The molecule has 0 heterocycles. The standard InChI is InChI=1S/C45H89NO5/c1-4-7-10-13-16-18-20-21-22-24-26-29-32-35-38-45(50)51-41(36-33-30-27-15-12-9-6-3)39-44(49)46-42(40-47)43(48)37-34-31-28-25-23-19-17-14-11-8-5-2/h41-43,47-48H,4-40H2,1-3H3,(H,46,49). The molecular weight excluding hydrogens is 634 g/mol. The smallest absolute Gasteiger partial charge is 0.306 e. The van der Waals surface area contributed by atoms with E-state index in [0.29, 0.717) is 19.3 Å². The topological polar surface area (TPSA) is 95.9 Å². The van der Waals surface area contributed by atoms with Crippen molar-refractivity contribution in [3.63, 3.8) is 0 Å². The Morgan fingerprint density at radius 1 is 0.490 bits per heavy atom. The van der Waals surface area contributed by atoms with Gasteiger partial charge < -0.3 is 20.3 Å². The zero-order chi connectivity index (χ0) is 37.5. The highest BCUT2D eigenvalue weighted by Crippen LogP contribution is 2.18. The number of aliphatic hydroxyl groups is 2. The van der Waals surface area contributed by atoms with Gasteiger partial charge in [0.25, 0.3) is 0 Å². The first-order valence-corrected chi connectivity index (χ1v) is 22.8. The summed E-state index contributed by atoms with van der Waals surface area (Å²) < 4.78 is 5.87. The van der Waals surface area contributed by atoms with Gasteiger partial charge in [-0.1, -0.05) is 213 Å². The van der Waals surface area contributed by atoms with Gasteiger partial charge in [0.05, 0.1) is 25.2 Å². The molecule has 0 spiro atoms. The van der Waals surface area contributed by atoms with Gasteiger partial charge in [0, 0.05) is 6.42 Å². The van der Waals surface area contributed by atoms with Crippen LogP contribution in [-0.4, -0.2) is 46.9 Å². The number of rotatable bonds is 41. The van der Waals surface area contributed by atoms with Gasteiger partial charge in [-0.25, -0.2) is 0 Å². The minimum atomic E-state index is -0.776. The van der Waals surface area contributed by atoms with Crippen LogP contribution in [0.3, 0.4) is 0 Å². The average molecular weight is 724 g/mol. The van der Waals surface area contributed by atoms with Crippen LogP contribution in [0.1, 0.15) is 252 Å². The molecule has 6 heteroatoms. The summed E-state index contributed by atoms with van der Waals surface area (Å²) in [5, 5.41) is 23.6. The quantitative estimate of drug-likeness (QED) is 0.0431. The van der Waals surface area contributed by atoms with Crippen molar-refractivity contribution in [3.8, 4) is 0 Å². The number of carbonyl (C=O) groups excluding carboxylic acids is 2. The molecule has 3 N–H and O–H groups in total. The van der Waals surface area contributed by atoms with E-state index in [1.165, 1.54) is 161 Å². The van der Waals surface area contributed by atoms with Crippen LogP contribution in [0.5, 0.6) is 0 Å². The molecule has 0 bridgehead atoms. The third-order valence-corrected chi connectivity index (χ3v) is 10.7. The largest absolute Gasteiger partial charge is 0.462 e. The van der Waals surface area contributed by atoms with E-state index in [2.05, 4.69) is 26.1 Å². The second kappa shape index (κ2) is 40.1. The molecule has 1 amide bonds. The van der Waals surface area contributed by atoms with E-state index in [4.69, 9.17) is 4.74 Å². The molecule has 0 radical (unpaired) electrons. The minimum absolute atomic E-state index is 0.0853. The zero-order valence-electron chi connectivity index (χ0n) is 34.5. The van der Waals surface area contributed by atoms with Crippen molar-refractivity contribution in [2.75, 3.05) is 6.61 Å². The van der Waals surface area contributed by atoms with Gasteiger partial charge >= 0.3 is 5.97 Å². The third kappa shape index (κ3) is 35.6. The SMILES string of the molecule is CCCCCCCCCCCCCCCCC(=O)OC(CCCCCCCCC)CC(=O)NC(CO)C(O)CCCCCCCCCCCCC. The molecule has 51 heavy (non-hydrogen) atoms. The first kappa shape index (κ1) is 49.9. The molecule has 0 saturated carbocycles. The van der Waals surface area contributed by atoms with Crippen LogP contribution in [0, 0.1) is 0 Å². The highest BCUT2D eigenvalue weighted by atomic mass is 16.5. The van der Waals surface area contributed by atoms with Gasteiger partial charge in [-0.3, -0.25) is 9.59 Å². The zero-order valence-corrected chi connectivity index (χ0v) is 34.5. The highest BCUT2D eigenvalue weighted by Gasteiger charge is 2.24. The van der Waals surface area contributed by atoms with Crippen LogP contribution in [0.15, 0.2) is 0 Å². The number of amides is 1. The molecule has 304 valence electrons. The maximum absolute atomic E-state index is 13.0. The lowest BCUT2D eigenvalue weighted by Crippen LogP contribution is -2.46. The number of carbonyl (C=O) groups is 2. The van der Waals surface area contributed by atoms with Gasteiger partial charge in [0.15, 0.2) is 0 Å². The molecule has 0 aliphatic heterocycles. The predicted molar refractivity (Wildman–Crippen MR) is 218 cm³/mol. The van der Waals surface area contributed by atoms with Crippen molar-refractivity contribution in [1.82, 2.24) is 5.32 Å². The highest BCUT2D eigenvalue weighted by molar-refractivity contribution is 5.77. The molecule has 0 aliphatic carbocycles. The number of nitrogens with one attached hydrogen (secondary N) is 1. The van der Waals surface area contributed by atoms with Crippen LogP contribution >= 0.6 is 0 Å². The van der Waals surface area contributed by atoms with Crippen LogP contribution in [0.4, 0.5) is 0 Å². The molecule has 0 aliphatic rings. The maximum Gasteiger partial charge on any atom is 0.306 e. The van der Waals surface area contributed by atoms with Crippen molar-refractivity contribution in [1.29, 1.82) is 0 Å². The maximum atomic E-state index is 13.0. The fraction of sp³-hybridized carbons (Fsp3) is 0.956. The van der Waals surface area contributed by atoms with Gasteiger partial charge in [-0.15, -0.1) is 0 Å². The molecule has 0 aromatic rings. The summed E-state index contributed by atoms with van der Waals surface area (Å²) in [5.41, 5.74) is 0. The monoisotopic (exact) mass is 724 g/mol. The van der Waals surface area contributed by atoms with E-state index in [9.17, 15) is 19.8 Å². The summed E-state index contributed by atoms with van der Waals surface area (Å²) in [6.07, 6.45) is 40.3. The number of ether oxygens (including phenoxy) is 1. The number of hydrogen-bond acceptors (Lipinski definition) is 5. The lowest BCUT2D eigenvalue weighted by molar-refractivity contribution is -0.151. The van der Waals surface area contributed by atoms with Crippen LogP contribution in [-0.2, 0) is 14.3 Å². The molecule has 0 rings (SSSR count). The number of aliphatic hydroxyl groups excluding tert-OH is 2. The van der Waals surface area contributed by atoms with Crippen LogP contribution < -0.4 is 5.32 Å². The first-order chi connectivity index (χ1) is 25.0. The van der Waals surface area contributed by atoms with Crippen LogP contribution in [0.25, 0.3) is 0 Å². The van der Waals surface area contributed by atoms with E-state index in [1.54, 1.807) is 0 Å². The lowest BCUT2D eigenvalue weighted by atomic mass is 10.0. The Labute approximate surface area is 317 Å². The molecule has 0 aromatic carbocycles. The Kier molecular flexibility index (Phi) is 39.2. The molecule has 0 aromatic heterocycles. The van der Waals surface area contributed by atoms with Crippen LogP contribution in [0.2, 0.25) is 0 Å². The Morgan fingerprint density at radius 2 is 0.824 bits per heavy atom. The Bertz CT molecular complexity index is 731. The number of unbranched alkanes of at least 4 members (excludes halogenated alkanes) is 29. The summed E-state index contributed by atoms with van der Waals surface area (Å²) in [6, 6.07) is -0.689. The minimum Gasteiger partial charge on any atom is -0.462 e. The first-order valence-electron chi connectivity index (χ1n) is 22.8. The molecule has 0 saturated heterocycles. The van der Waals surface area contributed by atoms with Gasteiger partial charge in [-0.2, -0.15) is 0 Å².